The lowest BCUT2D eigenvalue weighted by Crippen LogP contribution is -2.33. The molecule has 11 atom stereocenters. The quantitative estimate of drug-likeness (QED) is 0.0261. The highest BCUT2D eigenvalue weighted by molar-refractivity contribution is 8.55. The highest BCUT2D eigenvalue weighted by atomic mass is 32.7. The van der Waals surface area contributed by atoms with Gasteiger partial charge in [-0.25, -0.2) is 23.7 Å². The number of anilines is 2. The first-order valence-electron chi connectivity index (χ1n) is 26.8. The molecular weight excluding hydrogens is 1210 g/mol. The second kappa shape index (κ2) is 29.1. The van der Waals surface area contributed by atoms with E-state index in [-0.39, 0.29) is 90.7 Å². The van der Waals surface area contributed by atoms with Crippen LogP contribution in [0, 0.1) is 35.5 Å². The number of nitrogens with zero attached hydrogens (tertiary/aromatic N) is 8. The van der Waals surface area contributed by atoms with E-state index in [2.05, 4.69) is 35.6 Å². The Morgan fingerprint density at radius 3 is 1.99 bits per heavy atom. The molecular formula is C51H60N12O19P2S2. The van der Waals surface area contributed by atoms with Crippen LogP contribution in [-0.4, -0.2) is 135 Å². The summed E-state index contributed by atoms with van der Waals surface area (Å²) in [6, 6.07) is 13.5. The number of benzene rings is 1. The SMILES string of the molecule is CC(=O)CCC(=O)O[C@H]1C[C@H](n2cc(C)c(=O)[nH]c2=O)O[C@@H]1COP(=O)(O[C@H]1C[C@H](n2cnc3c(=O)[nH]c(NC(=O)C(C)C)nc32)O[C@@H]1COP(=O)(O[C@H]1C[C@H](n2ccc(NC(=O)c3ccccc3)nc2=O)O[C@@H]1CO)SCCC#N)SCCC#N. The summed E-state index contributed by atoms with van der Waals surface area (Å²) >= 11 is 1.23. The number of rotatable bonds is 28. The Kier molecular flexibility index (Phi) is 22.0. The van der Waals surface area contributed by atoms with Crippen molar-refractivity contribution in [2.24, 2.45) is 5.92 Å². The van der Waals surface area contributed by atoms with E-state index in [4.69, 9.17) is 37.0 Å². The molecule has 5 N–H and O–H groups in total. The number of aryl methyl sites for hydroxylation is 1. The molecule has 460 valence electrons. The number of H-pyrrole nitrogens is 2. The average Bonchev–Trinajstić information content (AvgIpc) is 2.83. The van der Waals surface area contributed by atoms with E-state index in [0.29, 0.717) is 28.3 Å². The monoisotopic (exact) mass is 1270 g/mol. The number of hydrogen-bond donors (Lipinski definition) is 5. The zero-order valence-electron chi connectivity index (χ0n) is 46.5. The number of esters is 1. The highest BCUT2D eigenvalue weighted by Gasteiger charge is 2.48. The third-order valence-corrected chi connectivity index (χ3v) is 20.9. The molecule has 0 bridgehead atoms. The first-order valence-corrected chi connectivity index (χ1v) is 33.1. The minimum Gasteiger partial charge on any atom is -0.459 e. The summed E-state index contributed by atoms with van der Waals surface area (Å²) in [6.07, 6.45) is -8.82. The molecule has 3 aliphatic heterocycles. The fourth-order valence-corrected chi connectivity index (χ4v) is 15.6. The van der Waals surface area contributed by atoms with Crippen LogP contribution < -0.4 is 33.1 Å². The van der Waals surface area contributed by atoms with E-state index in [1.165, 1.54) is 43.2 Å². The molecule has 0 spiro atoms. The van der Waals surface area contributed by atoms with Crippen LogP contribution in [0.25, 0.3) is 11.2 Å². The highest BCUT2D eigenvalue weighted by Crippen LogP contribution is 2.65. The Morgan fingerprint density at radius 2 is 1.38 bits per heavy atom. The van der Waals surface area contributed by atoms with Crippen molar-refractivity contribution in [1.29, 1.82) is 10.5 Å². The molecule has 4 aromatic heterocycles. The second-order valence-electron chi connectivity index (χ2n) is 19.9. The predicted octanol–water partition coefficient (Wildman–Crippen LogP) is 4.53. The van der Waals surface area contributed by atoms with Crippen molar-refractivity contribution in [2.45, 2.75) is 128 Å². The predicted molar refractivity (Wildman–Crippen MR) is 305 cm³/mol. The summed E-state index contributed by atoms with van der Waals surface area (Å²) in [5, 5.41) is 34.6. The maximum absolute atomic E-state index is 15.3. The van der Waals surface area contributed by atoms with Gasteiger partial charge in [0, 0.05) is 79.5 Å². The van der Waals surface area contributed by atoms with Crippen LogP contribution in [0.4, 0.5) is 11.8 Å². The molecule has 5 aromatic rings. The van der Waals surface area contributed by atoms with E-state index < -0.39 is 135 Å². The lowest BCUT2D eigenvalue weighted by atomic mass is 10.1. The molecule has 3 aliphatic rings. The molecule has 2 amide bonds. The van der Waals surface area contributed by atoms with Gasteiger partial charge in [0.1, 0.15) is 66.9 Å². The van der Waals surface area contributed by atoms with E-state index in [0.717, 1.165) is 9.13 Å². The van der Waals surface area contributed by atoms with Gasteiger partial charge in [-0.2, -0.15) is 20.5 Å². The molecule has 0 radical (unpaired) electrons. The number of aliphatic hydroxyl groups excluding tert-OH is 1. The summed E-state index contributed by atoms with van der Waals surface area (Å²) < 4.78 is 83.0. The lowest BCUT2D eigenvalue weighted by Gasteiger charge is -2.27. The number of ether oxygens (including phenoxy) is 4. The molecule has 31 nitrogen and oxygen atoms in total. The van der Waals surface area contributed by atoms with E-state index >= 15 is 9.13 Å². The van der Waals surface area contributed by atoms with Crippen LogP contribution in [0.5, 0.6) is 0 Å². The van der Waals surface area contributed by atoms with Crippen molar-refractivity contribution in [2.75, 3.05) is 42.0 Å². The smallest absolute Gasteiger partial charge is 0.389 e. The van der Waals surface area contributed by atoms with Crippen molar-refractivity contribution < 1.29 is 70.5 Å². The van der Waals surface area contributed by atoms with Crippen LogP contribution in [0.3, 0.4) is 0 Å². The van der Waals surface area contributed by atoms with Crippen LogP contribution in [0.15, 0.2) is 74.3 Å². The number of nitriles is 2. The third-order valence-electron chi connectivity index (χ3n) is 13.3. The number of carbonyl (C=O) groups is 4. The Morgan fingerprint density at radius 1 is 0.791 bits per heavy atom. The molecule has 8 rings (SSSR count). The van der Waals surface area contributed by atoms with Crippen molar-refractivity contribution in [3.8, 4) is 12.1 Å². The number of aromatic nitrogens is 8. The molecule has 0 aliphatic carbocycles. The number of imidazole rings is 1. The van der Waals surface area contributed by atoms with Crippen LogP contribution >= 0.6 is 36.4 Å². The Hall–Kier alpha value is -6.97. The normalized spacial score (nSPS) is 23.3. The summed E-state index contributed by atoms with van der Waals surface area (Å²) in [6.45, 7) is -5.18. The van der Waals surface area contributed by atoms with Gasteiger partial charge in [-0.15, -0.1) is 0 Å². The molecule has 0 saturated carbocycles. The van der Waals surface area contributed by atoms with Crippen molar-refractivity contribution in [3.63, 3.8) is 0 Å². The maximum Gasteiger partial charge on any atom is 0.389 e. The van der Waals surface area contributed by atoms with Crippen LogP contribution in [0.2, 0.25) is 0 Å². The zero-order valence-corrected chi connectivity index (χ0v) is 50.0. The Labute approximate surface area is 496 Å². The van der Waals surface area contributed by atoms with Crippen molar-refractivity contribution in [1.82, 2.24) is 38.6 Å². The van der Waals surface area contributed by atoms with E-state index in [1.807, 2.05) is 12.1 Å². The van der Waals surface area contributed by atoms with Gasteiger partial charge in [-0.1, -0.05) is 32.0 Å². The summed E-state index contributed by atoms with van der Waals surface area (Å²) in [5.74, 6) is -3.12. The average molecular weight is 1270 g/mol. The number of fused-ring (bicyclic) bond motifs is 1. The molecule has 1 aromatic carbocycles. The van der Waals surface area contributed by atoms with E-state index in [9.17, 15) is 54.0 Å². The fraction of sp³-hybridized carbons (Fsp3) is 0.510. The standard InChI is InChI=1S/C51H60N12O19P2S2/c1-28(2)45(67)58-49-57-44-43(48(70)59-49)54-27-63(44)41-22-34(82-84(74,86-19-9-16-53)75-25-36-32(80-42(66)13-12-30(4)65)20-40(78-36)62-23-29(3)46(68)60-51(62)72)37(79-41)26-76-83(73,85-18-8-15-52)81-33-21-39(77-35(33)24-64)61-17-14-38(56-50(61)71)55-47(69)31-10-6-5-7-11-31/h5-7,10-11,14,17,23,27-28,32-37,39-41,64H,8-9,12-13,18-22,24-26H2,1-4H3,(H,60,68,72)(H,55,56,69,71)(H2,57,58,59,67,70)/t32-,33-,34-,35+,36+,37+,39+,40+,41+,83?,84?/m0/s1. The van der Waals surface area contributed by atoms with Gasteiger partial charge in [-0.05, 0) is 54.8 Å². The third kappa shape index (κ3) is 16.5. The van der Waals surface area contributed by atoms with Crippen LogP contribution in [-0.2, 0) is 60.6 Å². The number of ketones is 1. The number of carbonyl (C=O) groups excluding carboxylic acids is 4. The van der Waals surface area contributed by atoms with Gasteiger partial charge in [-0.3, -0.25) is 71.1 Å². The maximum atomic E-state index is 15.3. The molecule has 3 fully saturated rings. The zero-order chi connectivity index (χ0) is 61.9. The number of Topliss-reactive ketones (excluding diaryl/α,β-unsaturated/α-hetero) is 1. The molecule has 35 heteroatoms. The van der Waals surface area contributed by atoms with Crippen LogP contribution in [0.1, 0.15) is 100 Å². The minimum absolute atomic E-state index is 0.0615. The fourth-order valence-electron chi connectivity index (χ4n) is 8.93. The van der Waals surface area contributed by atoms with Gasteiger partial charge < -0.3 is 34.2 Å². The topological polar surface area (TPSA) is 421 Å². The Balaban J connectivity index is 1.07. The van der Waals surface area contributed by atoms with E-state index in [1.54, 1.807) is 44.2 Å². The van der Waals surface area contributed by atoms with Gasteiger partial charge in [0.25, 0.3) is 17.0 Å². The summed E-state index contributed by atoms with van der Waals surface area (Å²) in [4.78, 5) is 120. The number of nitrogens with one attached hydrogen (secondary N) is 4. The molecule has 2 unspecified atom stereocenters. The summed E-state index contributed by atoms with van der Waals surface area (Å²) in [5.41, 5.74) is -2.88. The number of aromatic amines is 2. The lowest BCUT2D eigenvalue weighted by molar-refractivity contribution is -0.153. The largest absolute Gasteiger partial charge is 0.459 e. The van der Waals surface area contributed by atoms with Gasteiger partial charge in [0.15, 0.2) is 11.2 Å². The van der Waals surface area contributed by atoms with Crippen molar-refractivity contribution >= 4 is 82.9 Å². The number of hydrogen-bond acceptors (Lipinski definition) is 26. The van der Waals surface area contributed by atoms with Gasteiger partial charge in [0.05, 0.1) is 44.7 Å². The molecule has 86 heavy (non-hydrogen) atoms. The molecule has 3 saturated heterocycles. The number of amides is 2. The second-order valence-corrected chi connectivity index (χ2v) is 28.2. The van der Waals surface area contributed by atoms with Gasteiger partial charge >= 0.3 is 30.9 Å². The summed E-state index contributed by atoms with van der Waals surface area (Å²) in [7, 11) is 0. The minimum atomic E-state index is -4.60. The first kappa shape index (κ1) is 65.0. The Bertz CT molecular complexity index is 3740. The number of aliphatic hydroxyl groups is 1. The van der Waals surface area contributed by atoms with Crippen molar-refractivity contribution in [3.05, 3.63) is 108 Å². The molecule has 7 heterocycles. The van der Waals surface area contributed by atoms with Gasteiger partial charge in [0.2, 0.25) is 11.9 Å². The first-order chi connectivity index (χ1) is 41.1.